The van der Waals surface area contributed by atoms with Crippen LogP contribution in [0.1, 0.15) is 54.8 Å². The van der Waals surface area contributed by atoms with Crippen molar-refractivity contribution in [2.75, 3.05) is 4.90 Å². The zero-order valence-corrected chi connectivity index (χ0v) is 18.4. The van der Waals surface area contributed by atoms with Gasteiger partial charge in [-0.1, -0.05) is 53.9 Å². The summed E-state index contributed by atoms with van der Waals surface area (Å²) in [5.41, 5.74) is 2.15. The molecule has 0 bridgehead atoms. The lowest BCUT2D eigenvalue weighted by molar-refractivity contribution is -0.124. The normalized spacial score (nSPS) is 12.3. The lowest BCUT2D eigenvalue weighted by Crippen LogP contribution is -2.50. The Labute approximate surface area is 181 Å². The molecule has 0 fully saturated rings. The summed E-state index contributed by atoms with van der Waals surface area (Å²) in [6.45, 7) is 7.91. The van der Waals surface area contributed by atoms with E-state index in [0.717, 1.165) is 29.1 Å². The Morgan fingerprint density at radius 3 is 2.47 bits per heavy atom. The maximum absolute atomic E-state index is 13.6. The van der Waals surface area contributed by atoms with Gasteiger partial charge in [0, 0.05) is 16.6 Å². The fourth-order valence-corrected chi connectivity index (χ4v) is 3.52. The Morgan fingerprint density at radius 1 is 1.13 bits per heavy atom. The van der Waals surface area contributed by atoms with Crippen molar-refractivity contribution >= 4 is 29.0 Å². The van der Waals surface area contributed by atoms with E-state index in [1.165, 1.54) is 4.90 Å². The van der Waals surface area contributed by atoms with Gasteiger partial charge in [-0.2, -0.15) is 0 Å². The number of carbonyl (C=O) groups is 2. The van der Waals surface area contributed by atoms with E-state index >= 15 is 0 Å². The summed E-state index contributed by atoms with van der Waals surface area (Å²) in [4.78, 5) is 28.6. The molecule has 156 valence electrons. The smallest absolute Gasteiger partial charge is 0.280 e. The number of nitrogens with one attached hydrogen (secondary N) is 1. The highest BCUT2D eigenvalue weighted by Crippen LogP contribution is 2.31. The van der Waals surface area contributed by atoms with Crippen LogP contribution in [0.2, 0.25) is 0 Å². The Bertz CT molecular complexity index is 1000. The molecular weight excluding hydrogens is 396 g/mol. The van der Waals surface area contributed by atoms with E-state index in [0.29, 0.717) is 5.69 Å². The molecule has 0 saturated heterocycles. The topological polar surface area (TPSA) is 75.2 Å². The molecule has 3 aromatic rings. The molecule has 0 aliphatic heterocycles. The molecule has 0 aliphatic rings. The van der Waals surface area contributed by atoms with Gasteiger partial charge in [-0.05, 0) is 62.0 Å². The lowest BCUT2D eigenvalue weighted by atomic mass is 9.98. The molecule has 30 heavy (non-hydrogen) atoms. The highest BCUT2D eigenvalue weighted by atomic mass is 32.1. The molecule has 0 unspecified atom stereocenters. The number of hydrogen-bond donors (Lipinski definition) is 1. The number of aryl methyl sites for hydroxylation is 1. The molecule has 0 spiro atoms. The highest BCUT2D eigenvalue weighted by molar-refractivity contribution is 7.03. The van der Waals surface area contributed by atoms with Crippen molar-refractivity contribution < 1.29 is 9.59 Å². The summed E-state index contributed by atoms with van der Waals surface area (Å²) in [7, 11) is 0. The molecule has 1 N–H and O–H groups in total. The minimum atomic E-state index is -0.854. The van der Waals surface area contributed by atoms with Gasteiger partial charge in [-0.3, -0.25) is 14.5 Å². The molecule has 3 rings (SSSR count). The van der Waals surface area contributed by atoms with Gasteiger partial charge < -0.3 is 5.32 Å². The first-order valence-corrected chi connectivity index (χ1v) is 10.7. The summed E-state index contributed by atoms with van der Waals surface area (Å²) in [6.07, 6.45) is 0.759. The summed E-state index contributed by atoms with van der Waals surface area (Å²) < 4.78 is 3.83. The first kappa shape index (κ1) is 21.6. The van der Waals surface area contributed by atoms with Crippen LogP contribution in [-0.4, -0.2) is 26.9 Å². The predicted molar refractivity (Wildman–Crippen MR) is 120 cm³/mol. The summed E-state index contributed by atoms with van der Waals surface area (Å²) >= 11 is 1.10. The van der Waals surface area contributed by atoms with Crippen LogP contribution >= 0.6 is 11.5 Å². The second kappa shape index (κ2) is 9.17. The second-order valence-electron chi connectivity index (χ2n) is 7.84. The van der Waals surface area contributed by atoms with Crippen LogP contribution in [0.25, 0.3) is 0 Å². The van der Waals surface area contributed by atoms with Crippen LogP contribution in [0.3, 0.4) is 0 Å². The van der Waals surface area contributed by atoms with Gasteiger partial charge in [-0.15, -0.1) is 5.10 Å². The summed E-state index contributed by atoms with van der Waals surface area (Å²) in [5, 5.41) is 8.66. The lowest BCUT2D eigenvalue weighted by Gasteiger charge is -2.34. The summed E-state index contributed by atoms with van der Waals surface area (Å²) in [5.74, 6) is -0.612. The number of benzene rings is 2. The highest BCUT2D eigenvalue weighted by Gasteiger charge is 2.36. The van der Waals surface area contributed by atoms with Gasteiger partial charge in [0.15, 0.2) is 5.69 Å². The molecule has 7 heteroatoms. The molecular formula is C23H26N4O2S. The summed E-state index contributed by atoms with van der Waals surface area (Å²) in [6, 6.07) is 16.0. The van der Waals surface area contributed by atoms with Crippen molar-refractivity contribution in [3.63, 3.8) is 0 Å². The van der Waals surface area contributed by atoms with E-state index in [1.807, 2.05) is 82.3 Å². The van der Waals surface area contributed by atoms with E-state index in [1.54, 1.807) is 5.38 Å². The van der Waals surface area contributed by atoms with Gasteiger partial charge >= 0.3 is 0 Å². The standard InChI is InChI=1S/C23H26N4O2S/c1-5-23(3,4)24-21(28)20(17-11-7-6-8-12-17)27(18-13-9-10-16(2)14-18)22(29)19-15-30-26-25-19/h6-15,20H,5H2,1-4H3,(H,24,28)/t20-/m0/s1. The van der Waals surface area contributed by atoms with E-state index < -0.39 is 11.6 Å². The van der Waals surface area contributed by atoms with E-state index in [9.17, 15) is 9.59 Å². The van der Waals surface area contributed by atoms with Crippen molar-refractivity contribution in [3.8, 4) is 0 Å². The average Bonchev–Trinajstić information content (AvgIpc) is 3.26. The minimum Gasteiger partial charge on any atom is -0.349 e. The van der Waals surface area contributed by atoms with Crippen LogP contribution in [-0.2, 0) is 4.79 Å². The number of anilines is 1. The SMILES string of the molecule is CCC(C)(C)NC(=O)[C@H](c1ccccc1)N(C(=O)c1csnn1)c1cccc(C)c1. The van der Waals surface area contributed by atoms with Gasteiger partial charge in [0.1, 0.15) is 6.04 Å². The first-order chi connectivity index (χ1) is 14.3. The molecule has 1 atom stereocenters. The fourth-order valence-electron chi connectivity index (χ4n) is 3.09. The molecule has 0 aliphatic carbocycles. The molecule has 2 aromatic carbocycles. The van der Waals surface area contributed by atoms with Gasteiger partial charge in [0.25, 0.3) is 5.91 Å². The third-order valence-corrected chi connectivity index (χ3v) is 5.55. The Kier molecular flexibility index (Phi) is 6.62. The van der Waals surface area contributed by atoms with Crippen LogP contribution in [0.15, 0.2) is 60.0 Å². The number of rotatable bonds is 7. The van der Waals surface area contributed by atoms with Gasteiger partial charge in [0.2, 0.25) is 5.91 Å². The van der Waals surface area contributed by atoms with E-state index in [2.05, 4.69) is 14.9 Å². The fraction of sp³-hybridized carbons (Fsp3) is 0.304. The van der Waals surface area contributed by atoms with Crippen LogP contribution < -0.4 is 10.2 Å². The minimum absolute atomic E-state index is 0.213. The Balaban J connectivity index is 2.15. The number of nitrogens with zero attached hydrogens (tertiary/aromatic N) is 3. The molecule has 0 radical (unpaired) electrons. The maximum atomic E-state index is 13.6. The average molecular weight is 423 g/mol. The molecule has 0 saturated carbocycles. The van der Waals surface area contributed by atoms with Crippen LogP contribution in [0.4, 0.5) is 5.69 Å². The van der Waals surface area contributed by atoms with Gasteiger partial charge in [-0.25, -0.2) is 0 Å². The molecule has 1 heterocycles. The first-order valence-electron chi connectivity index (χ1n) is 9.86. The third-order valence-electron chi connectivity index (χ3n) is 5.05. The maximum Gasteiger partial charge on any atom is 0.280 e. The van der Waals surface area contributed by atoms with E-state index in [4.69, 9.17) is 0 Å². The quantitative estimate of drug-likeness (QED) is 0.607. The predicted octanol–water partition coefficient (Wildman–Crippen LogP) is 4.54. The van der Waals surface area contributed by atoms with Crippen molar-refractivity contribution in [1.82, 2.24) is 14.9 Å². The largest absolute Gasteiger partial charge is 0.349 e. The van der Waals surface area contributed by atoms with Gasteiger partial charge in [0.05, 0.1) is 0 Å². The molecule has 6 nitrogen and oxygen atoms in total. The molecule has 1 aromatic heterocycles. The van der Waals surface area contributed by atoms with Crippen molar-refractivity contribution in [1.29, 1.82) is 0 Å². The zero-order valence-electron chi connectivity index (χ0n) is 17.6. The number of aromatic nitrogens is 2. The molecule has 2 amide bonds. The zero-order chi connectivity index (χ0) is 21.7. The monoisotopic (exact) mass is 422 g/mol. The second-order valence-corrected chi connectivity index (χ2v) is 8.45. The Morgan fingerprint density at radius 2 is 1.87 bits per heavy atom. The number of hydrogen-bond acceptors (Lipinski definition) is 5. The van der Waals surface area contributed by atoms with E-state index in [-0.39, 0.29) is 17.5 Å². The van der Waals surface area contributed by atoms with Crippen molar-refractivity contribution in [2.24, 2.45) is 0 Å². The number of carbonyl (C=O) groups excluding carboxylic acids is 2. The van der Waals surface area contributed by atoms with Crippen LogP contribution in [0, 0.1) is 6.92 Å². The van der Waals surface area contributed by atoms with Crippen molar-refractivity contribution in [2.45, 2.75) is 45.7 Å². The van der Waals surface area contributed by atoms with Crippen molar-refractivity contribution in [3.05, 3.63) is 76.8 Å². The Hall–Kier alpha value is -3.06. The third kappa shape index (κ3) is 4.91. The van der Waals surface area contributed by atoms with Crippen LogP contribution in [0.5, 0.6) is 0 Å². The number of amides is 2.